The Labute approximate surface area is 112 Å². The quantitative estimate of drug-likeness (QED) is 0.656. The van der Waals surface area contributed by atoms with Crippen molar-refractivity contribution >= 4 is 21.4 Å². The second kappa shape index (κ2) is 4.89. The molecule has 10 heteroatoms. The molecule has 0 fully saturated rings. The van der Waals surface area contributed by atoms with Gasteiger partial charge in [0, 0.05) is 6.07 Å². The molecule has 0 amide bonds. The lowest BCUT2D eigenvalue weighted by molar-refractivity contribution is -0.387. The van der Waals surface area contributed by atoms with Gasteiger partial charge in [0.25, 0.3) is 10.0 Å². The third kappa shape index (κ3) is 2.74. The van der Waals surface area contributed by atoms with Crippen molar-refractivity contribution in [3.8, 4) is 0 Å². The van der Waals surface area contributed by atoms with Crippen LogP contribution in [0.25, 0.3) is 0 Å². The van der Waals surface area contributed by atoms with Crippen LogP contribution >= 0.6 is 0 Å². The van der Waals surface area contributed by atoms with Crippen LogP contribution in [0.5, 0.6) is 0 Å². The normalized spacial score (nSPS) is 11.3. The van der Waals surface area contributed by atoms with E-state index in [1.807, 2.05) is 0 Å². The van der Waals surface area contributed by atoms with Gasteiger partial charge in [-0.15, -0.1) is 0 Å². The van der Waals surface area contributed by atoms with Crippen molar-refractivity contribution in [2.75, 3.05) is 4.72 Å². The fourth-order valence-corrected chi connectivity index (χ4v) is 2.48. The highest BCUT2D eigenvalue weighted by atomic mass is 32.2. The average molecular weight is 300 g/mol. The standard InChI is InChI=1S/C10H9FN4O4S/c1-6-12-5-10(13-6)20(18,19)14-7-2-3-8(11)9(4-7)15(16)17/h2-5,14H,1H3,(H,12,13). The second-order valence-electron chi connectivity index (χ2n) is 3.86. The Morgan fingerprint density at radius 3 is 2.70 bits per heavy atom. The monoisotopic (exact) mass is 300 g/mol. The number of sulfonamides is 1. The molecular weight excluding hydrogens is 291 g/mol. The van der Waals surface area contributed by atoms with E-state index in [1.165, 1.54) is 0 Å². The molecule has 0 saturated heterocycles. The molecule has 0 atom stereocenters. The number of hydrogen-bond donors (Lipinski definition) is 2. The number of nitrogens with one attached hydrogen (secondary N) is 2. The van der Waals surface area contributed by atoms with Crippen molar-refractivity contribution in [1.82, 2.24) is 9.97 Å². The molecule has 0 spiro atoms. The third-order valence-corrected chi connectivity index (χ3v) is 3.66. The number of halogens is 1. The van der Waals surface area contributed by atoms with Crippen LogP contribution in [0.4, 0.5) is 15.8 Å². The Morgan fingerprint density at radius 1 is 1.45 bits per heavy atom. The average Bonchev–Trinajstić information content (AvgIpc) is 2.78. The fraction of sp³-hybridized carbons (Fsp3) is 0.100. The van der Waals surface area contributed by atoms with Gasteiger partial charge >= 0.3 is 5.69 Å². The first-order valence-corrected chi connectivity index (χ1v) is 6.76. The minimum absolute atomic E-state index is 0.120. The third-order valence-electron chi connectivity index (χ3n) is 2.36. The molecule has 0 unspecified atom stereocenters. The van der Waals surface area contributed by atoms with Crippen LogP contribution in [0.3, 0.4) is 0 Å². The summed E-state index contributed by atoms with van der Waals surface area (Å²) in [5.41, 5.74) is -0.934. The summed E-state index contributed by atoms with van der Waals surface area (Å²) >= 11 is 0. The number of aromatic nitrogens is 2. The lowest BCUT2D eigenvalue weighted by Gasteiger charge is -2.06. The van der Waals surface area contributed by atoms with E-state index < -0.39 is 26.5 Å². The number of aryl methyl sites for hydroxylation is 1. The number of hydrogen-bond acceptors (Lipinski definition) is 5. The van der Waals surface area contributed by atoms with Crippen LogP contribution in [0.1, 0.15) is 5.82 Å². The van der Waals surface area contributed by atoms with E-state index >= 15 is 0 Å². The molecule has 1 aromatic carbocycles. The number of nitrogens with zero attached hydrogens (tertiary/aromatic N) is 2. The Balaban J connectivity index is 2.35. The molecule has 1 aromatic heterocycles. The zero-order valence-electron chi connectivity index (χ0n) is 10.1. The zero-order valence-corrected chi connectivity index (χ0v) is 10.9. The number of nitro benzene ring substituents is 1. The number of nitro groups is 1. The molecule has 20 heavy (non-hydrogen) atoms. The van der Waals surface area contributed by atoms with Crippen molar-refractivity contribution in [1.29, 1.82) is 0 Å². The fourth-order valence-electron chi connectivity index (χ4n) is 1.46. The highest BCUT2D eigenvalue weighted by molar-refractivity contribution is 7.92. The van der Waals surface area contributed by atoms with Crippen molar-refractivity contribution in [3.63, 3.8) is 0 Å². The second-order valence-corrected chi connectivity index (χ2v) is 5.51. The lowest BCUT2D eigenvalue weighted by atomic mass is 10.3. The van der Waals surface area contributed by atoms with Gasteiger partial charge in [-0.2, -0.15) is 12.8 Å². The molecular formula is C10H9FN4O4S. The molecule has 0 saturated carbocycles. The first-order valence-electron chi connectivity index (χ1n) is 5.28. The first-order chi connectivity index (χ1) is 9.29. The maximum Gasteiger partial charge on any atom is 0.306 e. The Morgan fingerprint density at radius 2 is 2.15 bits per heavy atom. The maximum absolute atomic E-state index is 13.1. The number of rotatable bonds is 4. The summed E-state index contributed by atoms with van der Waals surface area (Å²) < 4.78 is 39.1. The van der Waals surface area contributed by atoms with E-state index in [0.29, 0.717) is 5.82 Å². The van der Waals surface area contributed by atoms with Crippen LogP contribution in [-0.4, -0.2) is 23.3 Å². The van der Waals surface area contributed by atoms with E-state index in [9.17, 15) is 22.9 Å². The van der Waals surface area contributed by atoms with Gasteiger partial charge in [-0.05, 0) is 19.1 Å². The Kier molecular flexibility index (Phi) is 3.40. The van der Waals surface area contributed by atoms with Gasteiger partial charge in [-0.1, -0.05) is 0 Å². The zero-order chi connectivity index (χ0) is 14.9. The highest BCUT2D eigenvalue weighted by Crippen LogP contribution is 2.23. The van der Waals surface area contributed by atoms with E-state index in [0.717, 1.165) is 24.4 Å². The topological polar surface area (TPSA) is 118 Å². The molecule has 2 rings (SSSR count). The van der Waals surface area contributed by atoms with Gasteiger partial charge in [0.2, 0.25) is 5.82 Å². The van der Waals surface area contributed by atoms with Gasteiger partial charge in [0.1, 0.15) is 5.82 Å². The minimum Gasteiger partial charge on any atom is -0.332 e. The smallest absolute Gasteiger partial charge is 0.306 e. The Bertz CT molecular complexity index is 771. The summed E-state index contributed by atoms with van der Waals surface area (Å²) in [5, 5.41) is 10.4. The van der Waals surface area contributed by atoms with Crippen LogP contribution < -0.4 is 4.72 Å². The van der Waals surface area contributed by atoms with E-state index in [4.69, 9.17) is 0 Å². The van der Waals surface area contributed by atoms with Crippen LogP contribution in [0.15, 0.2) is 29.4 Å². The summed E-state index contributed by atoms with van der Waals surface area (Å²) in [4.78, 5) is 15.9. The maximum atomic E-state index is 13.1. The van der Waals surface area contributed by atoms with Crippen molar-refractivity contribution in [2.24, 2.45) is 0 Å². The first kappa shape index (κ1) is 13.9. The van der Waals surface area contributed by atoms with E-state index in [-0.39, 0.29) is 10.7 Å². The molecule has 0 aliphatic carbocycles. The SMILES string of the molecule is Cc1ncc(S(=O)(=O)Nc2ccc(F)c([N+](=O)[O-])c2)[nH]1. The summed E-state index contributed by atoms with van der Waals surface area (Å²) in [7, 11) is -3.96. The largest absolute Gasteiger partial charge is 0.332 e. The molecule has 0 bridgehead atoms. The molecule has 0 aliphatic heterocycles. The lowest BCUT2D eigenvalue weighted by Crippen LogP contribution is -2.13. The van der Waals surface area contributed by atoms with Gasteiger partial charge < -0.3 is 4.98 Å². The predicted molar refractivity (Wildman–Crippen MR) is 67.2 cm³/mol. The predicted octanol–water partition coefficient (Wildman–Crippen LogP) is 1.57. The molecule has 1 heterocycles. The van der Waals surface area contributed by atoms with Gasteiger partial charge in [-0.25, -0.2) is 4.98 Å². The molecule has 106 valence electrons. The summed E-state index contributed by atoms with van der Waals surface area (Å²) in [5.74, 6) is -0.647. The highest BCUT2D eigenvalue weighted by Gasteiger charge is 2.20. The molecule has 2 N–H and O–H groups in total. The summed E-state index contributed by atoms with van der Waals surface area (Å²) in [6.07, 6.45) is 1.11. The van der Waals surface area contributed by atoms with Crippen LogP contribution in [-0.2, 0) is 10.0 Å². The number of aromatic amines is 1. The molecule has 2 aromatic rings. The molecule has 0 radical (unpaired) electrons. The number of imidazole rings is 1. The van der Waals surface area contributed by atoms with E-state index in [2.05, 4.69) is 14.7 Å². The van der Waals surface area contributed by atoms with Gasteiger partial charge in [0.15, 0.2) is 5.03 Å². The van der Waals surface area contributed by atoms with Gasteiger partial charge in [-0.3, -0.25) is 14.8 Å². The van der Waals surface area contributed by atoms with Crippen LogP contribution in [0, 0.1) is 22.9 Å². The van der Waals surface area contributed by atoms with Gasteiger partial charge in [0.05, 0.1) is 16.8 Å². The number of anilines is 1. The minimum atomic E-state index is -3.96. The van der Waals surface area contributed by atoms with Crippen molar-refractivity contribution in [2.45, 2.75) is 11.9 Å². The Hall–Kier alpha value is -2.49. The van der Waals surface area contributed by atoms with Crippen LogP contribution in [0.2, 0.25) is 0 Å². The van der Waals surface area contributed by atoms with Crippen molar-refractivity contribution in [3.05, 3.63) is 46.2 Å². The molecule has 8 nitrogen and oxygen atoms in total. The summed E-state index contributed by atoms with van der Waals surface area (Å²) in [6, 6.07) is 2.70. The summed E-state index contributed by atoms with van der Waals surface area (Å²) in [6.45, 7) is 1.57. The number of H-pyrrole nitrogens is 1. The molecule has 0 aliphatic rings. The van der Waals surface area contributed by atoms with Crippen molar-refractivity contribution < 1.29 is 17.7 Å². The number of benzene rings is 1. The van der Waals surface area contributed by atoms with E-state index in [1.54, 1.807) is 6.92 Å².